The van der Waals surface area contributed by atoms with Gasteiger partial charge in [-0.3, -0.25) is 4.79 Å². The molecule has 1 aromatic carbocycles. The Kier molecular flexibility index (Phi) is 9.39. The lowest BCUT2D eigenvalue weighted by Gasteiger charge is -2.47. The van der Waals surface area contributed by atoms with Crippen molar-refractivity contribution in [3.8, 4) is 5.75 Å². The molecule has 0 bridgehead atoms. The number of hydrogen-bond acceptors (Lipinski definition) is 4. The van der Waals surface area contributed by atoms with Gasteiger partial charge >= 0.3 is 0 Å². The molecular formula is C28H42NO4-. The molecule has 3 rings (SSSR count). The average molecular weight is 457 g/mol. The highest BCUT2D eigenvalue weighted by Crippen LogP contribution is 2.46. The smallest absolute Gasteiger partial charge is 0.251 e. The first-order valence-corrected chi connectivity index (χ1v) is 12.7. The second-order valence-corrected chi connectivity index (χ2v) is 10.5. The van der Waals surface area contributed by atoms with Crippen LogP contribution in [0.1, 0.15) is 70.2 Å². The fourth-order valence-electron chi connectivity index (χ4n) is 5.67. The summed E-state index contributed by atoms with van der Waals surface area (Å²) >= 11 is 0. The topological polar surface area (TPSA) is 70.6 Å². The lowest BCUT2D eigenvalue weighted by Crippen LogP contribution is -2.45. The van der Waals surface area contributed by atoms with Gasteiger partial charge in [0.1, 0.15) is 5.75 Å². The summed E-state index contributed by atoms with van der Waals surface area (Å²) in [6.07, 6.45) is 4.90. The molecule has 1 N–H and O–H groups in total. The third kappa shape index (κ3) is 7.07. The molecule has 1 amide bonds. The number of benzene rings is 1. The maximum atomic E-state index is 13.1. The Labute approximate surface area is 199 Å². The molecular weight excluding hydrogens is 414 g/mol. The standard InChI is InChI=1S/C28H42NO4/c1-18(2)16-29-28(31)22-8-10-23(11-9-22)32-15-14-27(30)21(5)25-12-6-19(3)24-13-7-20(4)33-17-26(24)25/h8-11,19-21,24-27H,1,6-7,12-17H2,2-5H3,(H,29,31)/q-1/t19-,20?,21-,24+,25+,26?,27-/m1/s1. The summed E-state index contributed by atoms with van der Waals surface area (Å²) in [4.78, 5) is 12.1. The van der Waals surface area contributed by atoms with Crippen molar-refractivity contribution in [1.82, 2.24) is 5.32 Å². The largest absolute Gasteiger partial charge is 0.852 e. The Balaban J connectivity index is 1.48. The van der Waals surface area contributed by atoms with E-state index in [1.807, 2.05) is 6.92 Å². The van der Waals surface area contributed by atoms with Gasteiger partial charge in [-0.1, -0.05) is 38.3 Å². The van der Waals surface area contributed by atoms with Gasteiger partial charge in [-0.05, 0) is 87.5 Å². The van der Waals surface area contributed by atoms with Crippen molar-refractivity contribution in [2.24, 2.45) is 29.6 Å². The van der Waals surface area contributed by atoms with Crippen LogP contribution in [-0.2, 0) is 4.74 Å². The predicted molar refractivity (Wildman–Crippen MR) is 130 cm³/mol. The number of fused-ring (bicyclic) bond motifs is 1. The zero-order valence-electron chi connectivity index (χ0n) is 20.8. The van der Waals surface area contributed by atoms with E-state index in [0.717, 1.165) is 30.9 Å². The molecule has 2 aliphatic rings. The average Bonchev–Trinajstić information content (AvgIpc) is 3.00. The van der Waals surface area contributed by atoms with Crippen molar-refractivity contribution in [1.29, 1.82) is 0 Å². The minimum Gasteiger partial charge on any atom is -0.852 e. The van der Waals surface area contributed by atoms with Crippen LogP contribution in [0.2, 0.25) is 0 Å². The Morgan fingerprint density at radius 3 is 2.61 bits per heavy atom. The van der Waals surface area contributed by atoms with Gasteiger partial charge in [0.2, 0.25) is 0 Å². The summed E-state index contributed by atoms with van der Waals surface area (Å²) in [5, 5.41) is 15.9. The van der Waals surface area contributed by atoms with Crippen molar-refractivity contribution >= 4 is 5.91 Å². The third-order valence-electron chi connectivity index (χ3n) is 7.87. The summed E-state index contributed by atoms with van der Waals surface area (Å²) in [7, 11) is 0. The van der Waals surface area contributed by atoms with Crippen molar-refractivity contribution in [3.63, 3.8) is 0 Å². The molecule has 1 aliphatic carbocycles. The summed E-state index contributed by atoms with van der Waals surface area (Å²) in [6, 6.07) is 7.07. The Morgan fingerprint density at radius 2 is 1.91 bits per heavy atom. The van der Waals surface area contributed by atoms with Crippen LogP contribution in [0, 0.1) is 29.6 Å². The molecule has 0 aromatic heterocycles. The first-order valence-electron chi connectivity index (χ1n) is 12.7. The SMILES string of the molecule is C=C(C)CNC(=O)c1ccc(OCC[C@@H]([O-])[C@H](C)[C@@H]2CC[C@@H](C)[C@@H]3CCC(C)OCC23)cc1. The molecule has 2 unspecified atom stereocenters. The lowest BCUT2D eigenvalue weighted by atomic mass is 9.62. The van der Waals surface area contributed by atoms with Crippen LogP contribution in [0.25, 0.3) is 0 Å². The van der Waals surface area contributed by atoms with Crippen molar-refractivity contribution in [2.75, 3.05) is 19.8 Å². The zero-order valence-corrected chi connectivity index (χ0v) is 20.8. The van der Waals surface area contributed by atoms with Gasteiger partial charge in [0.15, 0.2) is 0 Å². The molecule has 5 heteroatoms. The number of ether oxygens (including phenoxy) is 2. The van der Waals surface area contributed by atoms with E-state index < -0.39 is 6.10 Å². The first kappa shape index (κ1) is 25.8. The predicted octanol–water partition coefficient (Wildman–Crippen LogP) is 4.60. The summed E-state index contributed by atoms with van der Waals surface area (Å²) in [6.45, 7) is 14.0. The van der Waals surface area contributed by atoms with Crippen molar-refractivity contribution in [3.05, 3.63) is 42.0 Å². The highest BCUT2D eigenvalue weighted by Gasteiger charge is 2.41. The van der Waals surface area contributed by atoms with Gasteiger partial charge in [-0.15, -0.1) is 6.10 Å². The van der Waals surface area contributed by atoms with E-state index in [2.05, 4.69) is 32.7 Å². The first-order chi connectivity index (χ1) is 15.8. The third-order valence-corrected chi connectivity index (χ3v) is 7.87. The van der Waals surface area contributed by atoms with Crippen molar-refractivity contribution < 1.29 is 19.4 Å². The normalized spacial score (nSPS) is 29.3. The number of rotatable bonds is 9. The summed E-state index contributed by atoms with van der Waals surface area (Å²) < 4.78 is 11.9. The van der Waals surface area contributed by atoms with Crippen LogP contribution in [0.5, 0.6) is 5.75 Å². The molecule has 1 saturated carbocycles. The Hall–Kier alpha value is -1.85. The Morgan fingerprint density at radius 1 is 1.18 bits per heavy atom. The monoisotopic (exact) mass is 456 g/mol. The zero-order chi connectivity index (χ0) is 24.0. The fourth-order valence-corrected chi connectivity index (χ4v) is 5.67. The highest BCUT2D eigenvalue weighted by molar-refractivity contribution is 5.94. The number of carbonyl (C=O) groups is 1. The van der Waals surface area contributed by atoms with Crippen LogP contribution >= 0.6 is 0 Å². The molecule has 0 spiro atoms. The number of nitrogens with one attached hydrogen (secondary N) is 1. The quantitative estimate of drug-likeness (QED) is 0.551. The lowest BCUT2D eigenvalue weighted by molar-refractivity contribution is -0.438. The molecule has 184 valence electrons. The van der Waals surface area contributed by atoms with E-state index in [1.54, 1.807) is 24.3 Å². The maximum Gasteiger partial charge on any atom is 0.251 e. The van der Waals surface area contributed by atoms with Crippen LogP contribution in [-0.4, -0.2) is 37.9 Å². The van der Waals surface area contributed by atoms with Crippen molar-refractivity contribution in [2.45, 2.75) is 72.0 Å². The van der Waals surface area contributed by atoms with Gasteiger partial charge in [0, 0.05) is 12.1 Å². The molecule has 1 saturated heterocycles. The molecule has 1 aromatic rings. The minimum absolute atomic E-state index is 0.116. The number of amides is 1. The van der Waals surface area contributed by atoms with Crippen LogP contribution in [0.4, 0.5) is 0 Å². The second-order valence-electron chi connectivity index (χ2n) is 10.5. The van der Waals surface area contributed by atoms with Crippen LogP contribution < -0.4 is 15.2 Å². The van der Waals surface area contributed by atoms with Crippen LogP contribution in [0.15, 0.2) is 36.4 Å². The number of carbonyl (C=O) groups excluding carboxylic acids is 1. The molecule has 5 nitrogen and oxygen atoms in total. The molecule has 0 radical (unpaired) electrons. The summed E-state index contributed by atoms with van der Waals surface area (Å²) in [5.41, 5.74) is 1.49. The van der Waals surface area contributed by atoms with E-state index in [9.17, 15) is 9.90 Å². The minimum atomic E-state index is -0.642. The number of hydrogen-bond donors (Lipinski definition) is 1. The van der Waals surface area contributed by atoms with E-state index in [4.69, 9.17) is 9.47 Å². The van der Waals surface area contributed by atoms with E-state index in [0.29, 0.717) is 54.7 Å². The molecule has 2 fully saturated rings. The van der Waals surface area contributed by atoms with Gasteiger partial charge in [0.25, 0.3) is 5.91 Å². The van der Waals surface area contributed by atoms with E-state index in [1.165, 1.54) is 12.8 Å². The fraction of sp³-hybridized carbons (Fsp3) is 0.679. The molecule has 33 heavy (non-hydrogen) atoms. The van der Waals surface area contributed by atoms with Gasteiger partial charge in [0.05, 0.1) is 19.3 Å². The van der Waals surface area contributed by atoms with Gasteiger partial charge in [-0.25, -0.2) is 0 Å². The van der Waals surface area contributed by atoms with Crippen LogP contribution in [0.3, 0.4) is 0 Å². The van der Waals surface area contributed by atoms with E-state index in [-0.39, 0.29) is 11.8 Å². The van der Waals surface area contributed by atoms with E-state index >= 15 is 0 Å². The van der Waals surface area contributed by atoms with Gasteiger partial charge in [-0.2, -0.15) is 0 Å². The maximum absolute atomic E-state index is 13.1. The highest BCUT2D eigenvalue weighted by atomic mass is 16.5. The Bertz CT molecular complexity index is 777. The molecule has 7 atom stereocenters. The molecule has 1 aliphatic heterocycles. The summed E-state index contributed by atoms with van der Waals surface area (Å²) in [5.74, 6) is 3.03. The second kappa shape index (κ2) is 12.0. The van der Waals surface area contributed by atoms with Gasteiger partial charge < -0.3 is 19.9 Å². The molecule has 1 heterocycles.